The smallest absolute Gasteiger partial charge is 0.354 e. The maximum Gasteiger partial charge on any atom is 0.389 e. The van der Waals surface area contributed by atoms with Crippen LogP contribution in [0.1, 0.15) is 24.8 Å². The molecular formula is C10H14F3N3. The Hall–Kier alpha value is -1.33. The number of hydrogen-bond acceptors (Lipinski definition) is 3. The minimum absolute atomic E-state index is 0.127. The summed E-state index contributed by atoms with van der Waals surface area (Å²) in [6.07, 6.45) is -0.890. The van der Waals surface area contributed by atoms with Crippen molar-refractivity contribution in [2.45, 2.75) is 32.4 Å². The molecule has 0 saturated carbocycles. The van der Waals surface area contributed by atoms with Gasteiger partial charge >= 0.3 is 6.18 Å². The lowest BCUT2D eigenvalue weighted by molar-refractivity contribution is -0.135. The zero-order valence-corrected chi connectivity index (χ0v) is 9.01. The monoisotopic (exact) mass is 233 g/mol. The minimum atomic E-state index is -4.06. The van der Waals surface area contributed by atoms with Gasteiger partial charge in [0, 0.05) is 25.4 Å². The van der Waals surface area contributed by atoms with E-state index in [0.29, 0.717) is 18.9 Å². The molecule has 90 valence electrons. The van der Waals surface area contributed by atoms with Gasteiger partial charge < -0.3 is 5.32 Å². The molecule has 0 radical (unpaired) electrons. The van der Waals surface area contributed by atoms with E-state index in [4.69, 9.17) is 0 Å². The summed E-state index contributed by atoms with van der Waals surface area (Å²) in [6.45, 7) is 2.33. The largest absolute Gasteiger partial charge is 0.389 e. The fourth-order valence-corrected chi connectivity index (χ4v) is 1.13. The Morgan fingerprint density at radius 3 is 2.38 bits per heavy atom. The molecule has 0 aliphatic rings. The second-order valence-electron chi connectivity index (χ2n) is 3.58. The molecule has 0 unspecified atom stereocenters. The predicted octanol–water partition coefficient (Wildman–Crippen LogP) is 2.93. The fourth-order valence-electron chi connectivity index (χ4n) is 1.13. The van der Waals surface area contributed by atoms with Crippen LogP contribution in [0.4, 0.5) is 19.1 Å². The maximum absolute atomic E-state index is 11.8. The molecule has 0 aliphatic heterocycles. The molecule has 0 amide bonds. The van der Waals surface area contributed by atoms with Crippen LogP contribution in [-0.4, -0.2) is 22.7 Å². The first-order chi connectivity index (χ1) is 7.47. The van der Waals surface area contributed by atoms with E-state index in [1.165, 1.54) is 0 Å². The van der Waals surface area contributed by atoms with Crippen LogP contribution < -0.4 is 5.32 Å². The van der Waals surface area contributed by atoms with Gasteiger partial charge in [-0.1, -0.05) is 0 Å². The second kappa shape index (κ2) is 5.67. The van der Waals surface area contributed by atoms with Crippen LogP contribution >= 0.6 is 0 Å². The SMILES string of the molecule is Cc1cnc(NCCCCC(F)(F)F)nc1. The Bertz CT molecular complexity index is 308. The molecule has 0 aliphatic carbocycles. The number of alkyl halides is 3. The summed E-state index contributed by atoms with van der Waals surface area (Å²) in [6, 6.07) is 0. The lowest BCUT2D eigenvalue weighted by atomic mass is 10.2. The number of aromatic nitrogens is 2. The number of anilines is 1. The number of halogens is 3. The summed E-state index contributed by atoms with van der Waals surface area (Å²) in [5, 5.41) is 2.87. The van der Waals surface area contributed by atoms with Crippen molar-refractivity contribution in [3.05, 3.63) is 18.0 Å². The van der Waals surface area contributed by atoms with Crippen LogP contribution in [0.5, 0.6) is 0 Å². The molecule has 1 aromatic heterocycles. The molecule has 0 spiro atoms. The summed E-state index contributed by atoms with van der Waals surface area (Å²) < 4.78 is 35.4. The molecule has 3 nitrogen and oxygen atoms in total. The molecule has 0 aromatic carbocycles. The fraction of sp³-hybridized carbons (Fsp3) is 0.600. The van der Waals surface area contributed by atoms with Crippen molar-refractivity contribution in [1.82, 2.24) is 9.97 Å². The van der Waals surface area contributed by atoms with Crippen molar-refractivity contribution in [3.8, 4) is 0 Å². The van der Waals surface area contributed by atoms with E-state index < -0.39 is 12.6 Å². The van der Waals surface area contributed by atoms with Crippen LogP contribution in [0, 0.1) is 6.92 Å². The zero-order valence-electron chi connectivity index (χ0n) is 9.01. The van der Waals surface area contributed by atoms with Gasteiger partial charge in [0.25, 0.3) is 0 Å². The molecule has 6 heteroatoms. The quantitative estimate of drug-likeness (QED) is 0.794. The molecule has 1 heterocycles. The number of aryl methyl sites for hydroxylation is 1. The molecule has 0 atom stereocenters. The normalized spacial score (nSPS) is 11.5. The van der Waals surface area contributed by atoms with Crippen LogP contribution in [-0.2, 0) is 0 Å². The molecule has 0 fully saturated rings. The highest BCUT2D eigenvalue weighted by Gasteiger charge is 2.25. The van der Waals surface area contributed by atoms with Crippen molar-refractivity contribution >= 4 is 5.95 Å². The molecule has 1 rings (SSSR count). The van der Waals surface area contributed by atoms with Crippen LogP contribution in [0.3, 0.4) is 0 Å². The highest BCUT2D eigenvalue weighted by Crippen LogP contribution is 2.21. The van der Waals surface area contributed by atoms with E-state index in [-0.39, 0.29) is 6.42 Å². The van der Waals surface area contributed by atoms with Gasteiger partial charge in [0.2, 0.25) is 5.95 Å². The van der Waals surface area contributed by atoms with Gasteiger partial charge in [-0.3, -0.25) is 0 Å². The predicted molar refractivity (Wildman–Crippen MR) is 55.2 cm³/mol. The number of nitrogens with one attached hydrogen (secondary N) is 1. The molecular weight excluding hydrogens is 219 g/mol. The summed E-state index contributed by atoms with van der Waals surface area (Å²) in [5.74, 6) is 0.456. The summed E-state index contributed by atoms with van der Waals surface area (Å²) in [7, 11) is 0. The van der Waals surface area contributed by atoms with Gasteiger partial charge in [-0.05, 0) is 25.3 Å². The van der Waals surface area contributed by atoms with Crippen molar-refractivity contribution in [1.29, 1.82) is 0 Å². The Labute approximate surface area is 92.1 Å². The van der Waals surface area contributed by atoms with E-state index in [1.807, 2.05) is 6.92 Å². The summed E-state index contributed by atoms with van der Waals surface area (Å²) in [5.41, 5.74) is 0.947. The first-order valence-corrected chi connectivity index (χ1v) is 5.07. The number of nitrogens with zero attached hydrogens (tertiary/aromatic N) is 2. The molecule has 1 N–H and O–H groups in total. The minimum Gasteiger partial charge on any atom is -0.354 e. The summed E-state index contributed by atoms with van der Waals surface area (Å²) in [4.78, 5) is 7.96. The van der Waals surface area contributed by atoms with Crippen LogP contribution in [0.25, 0.3) is 0 Å². The Morgan fingerprint density at radius 2 is 1.81 bits per heavy atom. The lowest BCUT2D eigenvalue weighted by Crippen LogP contribution is -2.09. The van der Waals surface area contributed by atoms with Gasteiger partial charge in [0.05, 0.1) is 0 Å². The Kier molecular flexibility index (Phi) is 4.52. The maximum atomic E-state index is 11.8. The second-order valence-corrected chi connectivity index (χ2v) is 3.58. The van der Waals surface area contributed by atoms with Crippen molar-refractivity contribution in [2.75, 3.05) is 11.9 Å². The average Bonchev–Trinajstić information content (AvgIpc) is 2.19. The first kappa shape index (κ1) is 12.7. The van der Waals surface area contributed by atoms with Crippen molar-refractivity contribution in [2.24, 2.45) is 0 Å². The van der Waals surface area contributed by atoms with Gasteiger partial charge in [-0.2, -0.15) is 13.2 Å². The molecule has 0 bridgehead atoms. The molecule has 16 heavy (non-hydrogen) atoms. The highest BCUT2D eigenvalue weighted by molar-refractivity contribution is 5.23. The number of rotatable bonds is 5. The van der Waals surface area contributed by atoms with Gasteiger partial charge in [-0.25, -0.2) is 9.97 Å². The number of hydrogen-bond donors (Lipinski definition) is 1. The molecule has 0 saturated heterocycles. The van der Waals surface area contributed by atoms with Crippen LogP contribution in [0.2, 0.25) is 0 Å². The topological polar surface area (TPSA) is 37.8 Å². The van der Waals surface area contributed by atoms with Gasteiger partial charge in [0.15, 0.2) is 0 Å². The van der Waals surface area contributed by atoms with E-state index >= 15 is 0 Å². The standard InChI is InChI=1S/C10H14F3N3/c1-8-6-15-9(16-7-8)14-5-3-2-4-10(11,12)13/h6-7H,2-5H2,1H3,(H,14,15,16). The van der Waals surface area contributed by atoms with E-state index in [1.54, 1.807) is 12.4 Å². The van der Waals surface area contributed by atoms with Crippen molar-refractivity contribution < 1.29 is 13.2 Å². The third-order valence-electron chi connectivity index (χ3n) is 1.95. The lowest BCUT2D eigenvalue weighted by Gasteiger charge is -2.06. The van der Waals surface area contributed by atoms with E-state index in [9.17, 15) is 13.2 Å². The number of unbranched alkanes of at least 4 members (excludes halogenated alkanes) is 1. The highest BCUT2D eigenvalue weighted by atomic mass is 19.4. The third-order valence-corrected chi connectivity index (χ3v) is 1.95. The first-order valence-electron chi connectivity index (χ1n) is 5.07. The zero-order chi connectivity index (χ0) is 12.0. The van der Waals surface area contributed by atoms with Crippen LogP contribution in [0.15, 0.2) is 12.4 Å². The Morgan fingerprint density at radius 1 is 1.19 bits per heavy atom. The third kappa shape index (κ3) is 5.53. The van der Waals surface area contributed by atoms with Crippen molar-refractivity contribution in [3.63, 3.8) is 0 Å². The van der Waals surface area contributed by atoms with Gasteiger partial charge in [0.1, 0.15) is 0 Å². The summed E-state index contributed by atoms with van der Waals surface area (Å²) >= 11 is 0. The van der Waals surface area contributed by atoms with E-state index in [2.05, 4.69) is 15.3 Å². The average molecular weight is 233 g/mol. The van der Waals surface area contributed by atoms with E-state index in [0.717, 1.165) is 5.56 Å². The molecule has 1 aromatic rings. The van der Waals surface area contributed by atoms with Gasteiger partial charge in [-0.15, -0.1) is 0 Å². The Balaban J connectivity index is 2.14.